The van der Waals surface area contributed by atoms with Crippen LogP contribution in [-0.4, -0.2) is 12.9 Å². The molecule has 0 saturated heterocycles. The molecule has 0 heterocycles. The summed E-state index contributed by atoms with van der Waals surface area (Å²) in [5, 5.41) is 0. The highest BCUT2D eigenvalue weighted by Gasteiger charge is 1.63. The smallest absolute Gasteiger partial charge is 0.387 e. The van der Waals surface area contributed by atoms with Crippen LogP contribution in [0.2, 0.25) is 0 Å². The maximum Gasteiger partial charge on any atom is 0.425 e. The predicted octanol–water partition coefficient (Wildman–Crippen LogP) is -0.773. The molecule has 0 aliphatic carbocycles. The fourth-order valence-electron chi connectivity index (χ4n) is 0.0196. The minimum absolute atomic E-state index is 0.00694. The summed E-state index contributed by atoms with van der Waals surface area (Å²) in [6, 6.07) is 0. The van der Waals surface area contributed by atoms with Gasteiger partial charge < -0.3 is 4.74 Å². The summed E-state index contributed by atoms with van der Waals surface area (Å²) in [5.41, 5.74) is 0. The molecule has 0 aliphatic heterocycles. The SMILES string of the molecule is O=[C]OC=O. The normalized spacial score (nSPS) is 5.60. The number of rotatable bonds is 2. The fraction of sp³-hybridized carbons (Fsp3) is 0. The van der Waals surface area contributed by atoms with Crippen molar-refractivity contribution in [2.45, 2.75) is 0 Å². The second-order valence-corrected chi connectivity index (χ2v) is 0.297. The maximum absolute atomic E-state index is 8.92. The maximum atomic E-state index is 8.92. The average molecular weight is 73.0 g/mol. The van der Waals surface area contributed by atoms with Crippen LogP contribution < -0.4 is 0 Å². The van der Waals surface area contributed by atoms with E-state index in [2.05, 4.69) is 4.74 Å². The Morgan fingerprint density at radius 2 is 2.40 bits per heavy atom. The minimum atomic E-state index is 0.00694. The van der Waals surface area contributed by atoms with Crippen molar-refractivity contribution in [2.24, 2.45) is 0 Å². The van der Waals surface area contributed by atoms with Crippen LogP contribution in [0.15, 0.2) is 0 Å². The summed E-state index contributed by atoms with van der Waals surface area (Å²) in [4.78, 5) is 17.7. The number of carbonyl (C=O) groups excluding carboxylic acids is 2. The van der Waals surface area contributed by atoms with Gasteiger partial charge in [-0.25, -0.2) is 4.79 Å². The van der Waals surface area contributed by atoms with Gasteiger partial charge in [0.05, 0.1) is 0 Å². The molecule has 0 N–H and O–H groups in total. The van der Waals surface area contributed by atoms with Crippen LogP contribution in [0.5, 0.6) is 0 Å². The Labute approximate surface area is 28.5 Å². The predicted molar refractivity (Wildman–Crippen MR) is 12.8 cm³/mol. The Morgan fingerprint density at radius 3 is 2.40 bits per heavy atom. The van der Waals surface area contributed by atoms with Gasteiger partial charge in [0.25, 0.3) is 0 Å². The van der Waals surface area contributed by atoms with Crippen LogP contribution in [0, 0.1) is 0 Å². The Morgan fingerprint density at radius 1 is 1.80 bits per heavy atom. The molecule has 0 fully saturated rings. The Bertz CT molecular complexity index is 34.2. The van der Waals surface area contributed by atoms with Crippen LogP contribution >= 0.6 is 0 Å². The van der Waals surface area contributed by atoms with Crippen molar-refractivity contribution in [3.63, 3.8) is 0 Å². The van der Waals surface area contributed by atoms with Crippen molar-refractivity contribution in [1.82, 2.24) is 0 Å². The second kappa shape index (κ2) is 3.14. The standard InChI is InChI=1S/C2HO3/c3-1-5-2-4/h1H. The molecule has 0 rings (SSSR count). The topological polar surface area (TPSA) is 43.4 Å². The van der Waals surface area contributed by atoms with Gasteiger partial charge in [-0.3, -0.25) is 4.79 Å². The van der Waals surface area contributed by atoms with Crippen molar-refractivity contribution in [3.8, 4) is 0 Å². The van der Waals surface area contributed by atoms with E-state index in [4.69, 9.17) is 9.59 Å². The van der Waals surface area contributed by atoms with Gasteiger partial charge in [-0.2, -0.15) is 0 Å². The number of ether oxygens (including phenoxy) is 1. The van der Waals surface area contributed by atoms with Gasteiger partial charge >= 0.3 is 12.9 Å². The number of hydrogen-bond donors (Lipinski definition) is 0. The summed E-state index contributed by atoms with van der Waals surface area (Å²) in [7, 11) is 0. The zero-order valence-corrected chi connectivity index (χ0v) is 2.30. The van der Waals surface area contributed by atoms with E-state index in [0.29, 0.717) is 0 Å². The third-order valence-electron chi connectivity index (χ3n) is 0.0962. The Balaban J connectivity index is 2.65. The van der Waals surface area contributed by atoms with Crippen LogP contribution in [0.25, 0.3) is 0 Å². The van der Waals surface area contributed by atoms with Gasteiger partial charge in [0.2, 0.25) is 0 Å². The molecule has 0 aromatic carbocycles. The molecule has 0 aliphatic rings. The second-order valence-electron chi connectivity index (χ2n) is 0.297. The summed E-state index contributed by atoms with van der Waals surface area (Å²) >= 11 is 0. The van der Waals surface area contributed by atoms with E-state index in [1.165, 1.54) is 0 Å². The molecule has 3 nitrogen and oxygen atoms in total. The van der Waals surface area contributed by atoms with E-state index in [9.17, 15) is 0 Å². The van der Waals surface area contributed by atoms with Gasteiger partial charge in [-0.1, -0.05) is 0 Å². The van der Waals surface area contributed by atoms with Crippen molar-refractivity contribution < 1.29 is 14.3 Å². The Kier molecular flexibility index (Phi) is 2.60. The van der Waals surface area contributed by atoms with Crippen LogP contribution in [0.4, 0.5) is 0 Å². The lowest BCUT2D eigenvalue weighted by Gasteiger charge is -1.62. The molecule has 0 spiro atoms. The molecule has 0 aromatic heterocycles. The van der Waals surface area contributed by atoms with Crippen molar-refractivity contribution in [3.05, 3.63) is 0 Å². The molecule has 0 unspecified atom stereocenters. The van der Waals surface area contributed by atoms with E-state index >= 15 is 0 Å². The van der Waals surface area contributed by atoms with E-state index in [1.807, 2.05) is 0 Å². The van der Waals surface area contributed by atoms with Gasteiger partial charge in [0.15, 0.2) is 0 Å². The molecular formula is C2HO3. The van der Waals surface area contributed by atoms with Crippen molar-refractivity contribution in [1.29, 1.82) is 0 Å². The zero-order valence-electron chi connectivity index (χ0n) is 2.30. The zero-order chi connectivity index (χ0) is 4.12. The van der Waals surface area contributed by atoms with Crippen LogP contribution in [0.3, 0.4) is 0 Å². The largest absolute Gasteiger partial charge is 0.425 e. The molecular weight excluding hydrogens is 72.0 g/mol. The molecule has 27 valence electrons. The van der Waals surface area contributed by atoms with Crippen LogP contribution in [0.1, 0.15) is 0 Å². The van der Waals surface area contributed by atoms with Gasteiger partial charge in [0, 0.05) is 0 Å². The third kappa shape index (κ3) is 3.14. The summed E-state index contributed by atoms with van der Waals surface area (Å²) < 4.78 is 3.35. The number of hydrogen-bond acceptors (Lipinski definition) is 3. The van der Waals surface area contributed by atoms with E-state index in [0.717, 1.165) is 6.47 Å². The summed E-state index contributed by atoms with van der Waals surface area (Å²) in [6.07, 6.45) is 0. The molecule has 1 radical (unpaired) electrons. The van der Waals surface area contributed by atoms with Crippen molar-refractivity contribution in [2.75, 3.05) is 0 Å². The highest BCUT2D eigenvalue weighted by molar-refractivity contribution is 5.55. The summed E-state index contributed by atoms with van der Waals surface area (Å²) in [5.74, 6) is 0. The van der Waals surface area contributed by atoms with Gasteiger partial charge in [-0.15, -0.1) is 0 Å². The average Bonchev–Trinajstić information content (AvgIpc) is 1.41. The lowest BCUT2D eigenvalue weighted by atomic mass is 11.5. The fourth-order valence-corrected chi connectivity index (χ4v) is 0.0196. The first-order valence-electron chi connectivity index (χ1n) is 0.880. The molecule has 0 saturated carbocycles. The first-order valence-corrected chi connectivity index (χ1v) is 0.880. The van der Waals surface area contributed by atoms with E-state index in [1.54, 1.807) is 0 Å². The minimum Gasteiger partial charge on any atom is -0.387 e. The highest BCUT2D eigenvalue weighted by atomic mass is 16.6. The first kappa shape index (κ1) is 4.14. The summed E-state index contributed by atoms with van der Waals surface area (Å²) in [6.45, 7) is 0.906. The lowest BCUT2D eigenvalue weighted by molar-refractivity contribution is -0.121. The quantitative estimate of drug-likeness (QED) is 0.318. The van der Waals surface area contributed by atoms with Crippen LogP contribution in [-0.2, 0) is 14.3 Å². The van der Waals surface area contributed by atoms with Gasteiger partial charge in [-0.05, 0) is 0 Å². The first-order chi connectivity index (χ1) is 2.41. The monoisotopic (exact) mass is 73.0 g/mol. The molecule has 5 heavy (non-hydrogen) atoms. The number of carbonyl (C=O) groups is 1. The van der Waals surface area contributed by atoms with Crippen molar-refractivity contribution >= 4 is 12.9 Å². The van der Waals surface area contributed by atoms with E-state index in [-0.39, 0.29) is 6.47 Å². The Hall–Kier alpha value is -0.860. The van der Waals surface area contributed by atoms with Gasteiger partial charge in [0.1, 0.15) is 0 Å². The molecule has 0 atom stereocenters. The molecule has 0 amide bonds. The highest BCUT2D eigenvalue weighted by Crippen LogP contribution is 1.41. The molecule has 0 aromatic rings. The molecule has 0 bridgehead atoms. The van der Waals surface area contributed by atoms with E-state index < -0.39 is 0 Å². The third-order valence-corrected chi connectivity index (χ3v) is 0.0962. The molecule has 3 heteroatoms. The lowest BCUT2D eigenvalue weighted by Crippen LogP contribution is -1.76.